The minimum Gasteiger partial charge on any atom is -0.469 e. The lowest BCUT2D eigenvalue weighted by Gasteiger charge is -2.23. The Bertz CT molecular complexity index is 985. The molecule has 1 fully saturated rings. The van der Waals surface area contributed by atoms with Gasteiger partial charge in [-0.05, 0) is 43.0 Å². The smallest absolute Gasteiger partial charge is 0.104 e. The van der Waals surface area contributed by atoms with Crippen molar-refractivity contribution in [1.82, 2.24) is 4.98 Å². The van der Waals surface area contributed by atoms with E-state index in [1.54, 1.807) is 6.26 Å². The van der Waals surface area contributed by atoms with Crippen LogP contribution in [0.1, 0.15) is 25.0 Å². The van der Waals surface area contributed by atoms with Gasteiger partial charge in [-0.25, -0.2) is 4.98 Å². The van der Waals surface area contributed by atoms with E-state index < -0.39 is 0 Å². The van der Waals surface area contributed by atoms with E-state index in [1.165, 1.54) is 35.7 Å². The second-order valence-electron chi connectivity index (χ2n) is 7.25. The van der Waals surface area contributed by atoms with E-state index in [1.807, 2.05) is 6.07 Å². The van der Waals surface area contributed by atoms with Gasteiger partial charge in [0.2, 0.25) is 0 Å². The lowest BCUT2D eigenvalue weighted by atomic mass is 9.97. The molecule has 1 N–H and O–H groups in total. The molecule has 1 saturated carbocycles. The highest BCUT2D eigenvalue weighted by molar-refractivity contribution is 6.07. The van der Waals surface area contributed by atoms with Crippen LogP contribution in [0.15, 0.2) is 71.3 Å². The zero-order chi connectivity index (χ0) is 17.3. The zero-order valence-corrected chi connectivity index (χ0v) is 14.7. The van der Waals surface area contributed by atoms with Crippen molar-refractivity contribution in [2.24, 2.45) is 5.92 Å². The molecule has 0 spiro atoms. The lowest BCUT2D eigenvalue weighted by Crippen LogP contribution is -2.25. The van der Waals surface area contributed by atoms with E-state index in [4.69, 9.17) is 9.40 Å². The van der Waals surface area contributed by atoms with Crippen LogP contribution < -0.4 is 5.32 Å². The van der Waals surface area contributed by atoms with Gasteiger partial charge < -0.3 is 9.73 Å². The highest BCUT2D eigenvalue weighted by atomic mass is 16.3. The first kappa shape index (κ1) is 15.4. The van der Waals surface area contributed by atoms with Crippen molar-refractivity contribution in [3.63, 3.8) is 0 Å². The SMILES string of the molecule is c1coc(C[C@@H]2CCC[C@@H]2Nc2c3ccccc3nc3ccccc23)c1. The highest BCUT2D eigenvalue weighted by Gasteiger charge is 2.29. The molecule has 2 atom stereocenters. The summed E-state index contributed by atoms with van der Waals surface area (Å²) in [5, 5.41) is 6.31. The molecule has 1 aliphatic rings. The summed E-state index contributed by atoms with van der Waals surface area (Å²) in [5.41, 5.74) is 3.33. The van der Waals surface area contributed by atoms with Crippen molar-refractivity contribution in [3.8, 4) is 0 Å². The molecule has 2 aromatic carbocycles. The third-order valence-electron chi connectivity index (χ3n) is 5.62. The van der Waals surface area contributed by atoms with Gasteiger partial charge in [0.05, 0.1) is 23.0 Å². The molecule has 3 nitrogen and oxygen atoms in total. The molecule has 0 bridgehead atoms. The molecule has 5 rings (SSSR count). The van der Waals surface area contributed by atoms with Gasteiger partial charge in [-0.2, -0.15) is 0 Å². The fourth-order valence-corrected chi connectivity index (χ4v) is 4.34. The van der Waals surface area contributed by atoms with Gasteiger partial charge in [0.25, 0.3) is 0 Å². The number of para-hydroxylation sites is 2. The summed E-state index contributed by atoms with van der Waals surface area (Å²) in [7, 11) is 0. The highest BCUT2D eigenvalue weighted by Crippen LogP contribution is 2.36. The Hall–Kier alpha value is -2.81. The quantitative estimate of drug-likeness (QED) is 0.476. The maximum atomic E-state index is 5.60. The lowest BCUT2D eigenvalue weighted by molar-refractivity contribution is 0.427. The summed E-state index contributed by atoms with van der Waals surface area (Å²) in [6.07, 6.45) is 6.50. The third kappa shape index (κ3) is 2.74. The van der Waals surface area contributed by atoms with Crippen molar-refractivity contribution in [2.45, 2.75) is 31.7 Å². The Morgan fingerprint density at radius 1 is 0.885 bits per heavy atom. The van der Waals surface area contributed by atoms with Gasteiger partial charge in [-0.15, -0.1) is 0 Å². The molecule has 2 heterocycles. The van der Waals surface area contributed by atoms with E-state index in [0.717, 1.165) is 23.2 Å². The fraction of sp³-hybridized carbons (Fsp3) is 0.261. The van der Waals surface area contributed by atoms with Crippen LogP contribution in [0.4, 0.5) is 5.69 Å². The maximum absolute atomic E-state index is 5.60. The molecular formula is C23H22N2O. The first-order valence-electron chi connectivity index (χ1n) is 9.45. The number of anilines is 1. The van der Waals surface area contributed by atoms with Gasteiger partial charge >= 0.3 is 0 Å². The van der Waals surface area contributed by atoms with Gasteiger partial charge in [0, 0.05) is 23.2 Å². The summed E-state index contributed by atoms with van der Waals surface area (Å²) >= 11 is 0. The molecule has 0 amide bonds. The molecule has 0 unspecified atom stereocenters. The van der Waals surface area contributed by atoms with Gasteiger partial charge in [-0.3, -0.25) is 0 Å². The van der Waals surface area contributed by atoms with Crippen molar-refractivity contribution < 1.29 is 4.42 Å². The number of aromatic nitrogens is 1. The van der Waals surface area contributed by atoms with Gasteiger partial charge in [-0.1, -0.05) is 42.8 Å². The van der Waals surface area contributed by atoms with E-state index >= 15 is 0 Å². The van der Waals surface area contributed by atoms with Crippen LogP contribution >= 0.6 is 0 Å². The normalized spacial score (nSPS) is 20.0. The number of benzene rings is 2. The van der Waals surface area contributed by atoms with Crippen LogP contribution in [0.3, 0.4) is 0 Å². The Balaban J connectivity index is 1.55. The fourth-order valence-electron chi connectivity index (χ4n) is 4.34. The van der Waals surface area contributed by atoms with E-state index in [-0.39, 0.29) is 0 Å². The molecule has 4 aromatic rings. The minimum absolute atomic E-state index is 0.467. The molecule has 2 aromatic heterocycles. The summed E-state index contributed by atoms with van der Waals surface area (Å²) < 4.78 is 5.60. The Labute approximate surface area is 153 Å². The number of fused-ring (bicyclic) bond motifs is 2. The number of rotatable bonds is 4. The molecule has 130 valence electrons. The van der Waals surface area contributed by atoms with Crippen molar-refractivity contribution in [2.75, 3.05) is 5.32 Å². The Kier molecular flexibility index (Phi) is 3.85. The number of pyridine rings is 1. The van der Waals surface area contributed by atoms with Crippen LogP contribution in [0.25, 0.3) is 21.8 Å². The predicted octanol–water partition coefficient (Wildman–Crippen LogP) is 5.80. The van der Waals surface area contributed by atoms with Gasteiger partial charge in [0.15, 0.2) is 0 Å². The number of nitrogens with one attached hydrogen (secondary N) is 1. The standard InChI is InChI=1S/C23H22N2O/c1-3-11-21-18(9-1)23(19-10-2-4-12-22(19)24-21)25-20-13-5-7-16(20)15-17-8-6-14-26-17/h1-4,6,8-12,14,16,20H,5,7,13,15H2,(H,24,25)/t16-,20-/m0/s1. The number of hydrogen-bond acceptors (Lipinski definition) is 3. The van der Waals surface area contributed by atoms with E-state index in [0.29, 0.717) is 12.0 Å². The first-order chi connectivity index (χ1) is 12.9. The molecule has 0 aliphatic heterocycles. The number of nitrogens with zero attached hydrogens (tertiary/aromatic N) is 1. The monoisotopic (exact) mass is 342 g/mol. The largest absolute Gasteiger partial charge is 0.469 e. The van der Waals surface area contributed by atoms with Crippen molar-refractivity contribution in [3.05, 3.63) is 72.7 Å². The van der Waals surface area contributed by atoms with Crippen LogP contribution in [0.2, 0.25) is 0 Å². The average Bonchev–Trinajstić information content (AvgIpc) is 3.34. The minimum atomic E-state index is 0.467. The van der Waals surface area contributed by atoms with Crippen LogP contribution in [0, 0.1) is 5.92 Å². The summed E-state index contributed by atoms with van der Waals surface area (Å²) in [4.78, 5) is 4.84. The topological polar surface area (TPSA) is 38.1 Å². The summed E-state index contributed by atoms with van der Waals surface area (Å²) in [5.74, 6) is 1.69. The summed E-state index contributed by atoms with van der Waals surface area (Å²) in [6, 6.07) is 21.4. The summed E-state index contributed by atoms with van der Waals surface area (Å²) in [6.45, 7) is 0. The maximum Gasteiger partial charge on any atom is 0.104 e. The van der Waals surface area contributed by atoms with Crippen LogP contribution in [-0.2, 0) is 6.42 Å². The van der Waals surface area contributed by atoms with Crippen molar-refractivity contribution in [1.29, 1.82) is 0 Å². The molecule has 0 saturated heterocycles. The van der Waals surface area contributed by atoms with Gasteiger partial charge in [0.1, 0.15) is 5.76 Å². The van der Waals surface area contributed by atoms with E-state index in [9.17, 15) is 0 Å². The molecule has 3 heteroatoms. The second-order valence-corrected chi connectivity index (χ2v) is 7.25. The Morgan fingerprint density at radius 2 is 1.62 bits per heavy atom. The molecular weight excluding hydrogens is 320 g/mol. The molecule has 0 radical (unpaired) electrons. The average molecular weight is 342 g/mol. The number of furan rings is 1. The van der Waals surface area contributed by atoms with E-state index in [2.05, 4.69) is 59.9 Å². The van der Waals surface area contributed by atoms with Crippen molar-refractivity contribution >= 4 is 27.5 Å². The second kappa shape index (κ2) is 6.49. The van der Waals surface area contributed by atoms with Crippen LogP contribution in [0.5, 0.6) is 0 Å². The van der Waals surface area contributed by atoms with Crippen LogP contribution in [-0.4, -0.2) is 11.0 Å². The third-order valence-corrected chi connectivity index (χ3v) is 5.62. The molecule has 1 aliphatic carbocycles. The molecule has 26 heavy (non-hydrogen) atoms. The predicted molar refractivity (Wildman–Crippen MR) is 106 cm³/mol. The first-order valence-corrected chi connectivity index (χ1v) is 9.45. The Morgan fingerprint density at radius 3 is 2.31 bits per heavy atom. The number of hydrogen-bond donors (Lipinski definition) is 1. The zero-order valence-electron chi connectivity index (χ0n) is 14.7.